The van der Waals surface area contributed by atoms with Gasteiger partial charge in [0.2, 0.25) is 0 Å². The maximum Gasteiger partial charge on any atom is 0.166 e. The van der Waals surface area contributed by atoms with Crippen LogP contribution in [0.5, 0.6) is 11.5 Å². The molecule has 0 saturated carbocycles. The predicted molar refractivity (Wildman–Crippen MR) is 65.9 cm³/mol. The third kappa shape index (κ3) is 3.26. The van der Waals surface area contributed by atoms with Crippen LogP contribution in [0.1, 0.15) is 25.1 Å². The smallest absolute Gasteiger partial charge is 0.166 e. The summed E-state index contributed by atoms with van der Waals surface area (Å²) in [6.07, 6.45) is 1.27. The van der Waals surface area contributed by atoms with E-state index in [0.29, 0.717) is 12.1 Å². The van der Waals surface area contributed by atoms with E-state index in [-0.39, 0.29) is 11.5 Å². The van der Waals surface area contributed by atoms with E-state index in [1.54, 1.807) is 12.1 Å². The highest BCUT2D eigenvalue weighted by Crippen LogP contribution is 2.25. The molecule has 2 aromatic rings. The molecule has 0 saturated heterocycles. The third-order valence-electron chi connectivity index (χ3n) is 2.61. The topological polar surface area (TPSA) is 42.4 Å². The molecular formula is C14H13F2NO2. The molecule has 0 fully saturated rings. The van der Waals surface area contributed by atoms with Crippen molar-refractivity contribution in [3.63, 3.8) is 0 Å². The van der Waals surface area contributed by atoms with Crippen LogP contribution in [-0.2, 0) is 0 Å². The number of hydrogen-bond acceptors (Lipinski definition) is 3. The normalized spacial score (nSPS) is 12.2. The summed E-state index contributed by atoms with van der Waals surface area (Å²) in [6, 6.07) is 6.10. The van der Waals surface area contributed by atoms with Crippen molar-refractivity contribution in [3.8, 4) is 11.5 Å². The molecule has 1 aromatic heterocycles. The molecule has 0 bridgehead atoms. The highest BCUT2D eigenvalue weighted by Gasteiger charge is 2.09. The molecule has 0 spiro atoms. The van der Waals surface area contributed by atoms with E-state index >= 15 is 0 Å². The molecule has 2 rings (SSSR count). The molecule has 1 N–H and O–H groups in total. The van der Waals surface area contributed by atoms with E-state index in [0.717, 1.165) is 18.2 Å². The second-order valence-corrected chi connectivity index (χ2v) is 4.02. The lowest BCUT2D eigenvalue weighted by Gasteiger charge is -2.09. The van der Waals surface area contributed by atoms with Crippen molar-refractivity contribution in [2.24, 2.45) is 0 Å². The van der Waals surface area contributed by atoms with E-state index in [1.165, 1.54) is 6.20 Å². The van der Waals surface area contributed by atoms with E-state index in [9.17, 15) is 13.9 Å². The summed E-state index contributed by atoms with van der Waals surface area (Å²) in [5.41, 5.74) is 0.509. The molecule has 1 aromatic carbocycles. The maximum absolute atomic E-state index is 13.4. The summed E-state index contributed by atoms with van der Waals surface area (Å²) in [5, 5.41) is 9.58. The summed E-state index contributed by atoms with van der Waals surface area (Å²) < 4.78 is 31.5. The highest BCUT2D eigenvalue weighted by atomic mass is 19.1. The van der Waals surface area contributed by atoms with Crippen LogP contribution in [0.25, 0.3) is 0 Å². The number of aliphatic hydroxyl groups is 1. The summed E-state index contributed by atoms with van der Waals surface area (Å²) in [7, 11) is 0. The van der Waals surface area contributed by atoms with Crippen LogP contribution in [0.2, 0.25) is 0 Å². The number of pyridine rings is 1. The van der Waals surface area contributed by atoms with Gasteiger partial charge in [-0.05, 0) is 30.7 Å². The van der Waals surface area contributed by atoms with Crippen molar-refractivity contribution in [1.29, 1.82) is 0 Å². The Morgan fingerprint density at radius 3 is 2.68 bits per heavy atom. The van der Waals surface area contributed by atoms with E-state index < -0.39 is 17.7 Å². The van der Waals surface area contributed by atoms with Crippen molar-refractivity contribution < 1.29 is 18.6 Å². The van der Waals surface area contributed by atoms with Gasteiger partial charge in [0, 0.05) is 6.07 Å². The van der Waals surface area contributed by atoms with Gasteiger partial charge in [-0.3, -0.25) is 4.98 Å². The van der Waals surface area contributed by atoms with Crippen molar-refractivity contribution in [3.05, 3.63) is 53.9 Å². The maximum atomic E-state index is 13.4. The Kier molecular flexibility index (Phi) is 4.06. The van der Waals surface area contributed by atoms with Crippen molar-refractivity contribution in [1.82, 2.24) is 4.98 Å². The van der Waals surface area contributed by atoms with Crippen LogP contribution in [-0.4, -0.2) is 10.1 Å². The Morgan fingerprint density at radius 2 is 2.05 bits per heavy atom. The van der Waals surface area contributed by atoms with Crippen LogP contribution >= 0.6 is 0 Å². The molecule has 1 unspecified atom stereocenters. The van der Waals surface area contributed by atoms with E-state index in [2.05, 4.69) is 4.98 Å². The van der Waals surface area contributed by atoms with E-state index in [4.69, 9.17) is 4.74 Å². The standard InChI is InChI=1S/C14H13F2NO2/c1-2-13(18)12-6-4-10(8-17-12)19-14-7-9(15)3-5-11(14)16/h3-8,13,18H,2H2,1H3. The fourth-order valence-electron chi connectivity index (χ4n) is 1.54. The first-order valence-electron chi connectivity index (χ1n) is 5.87. The number of halogens is 2. The second-order valence-electron chi connectivity index (χ2n) is 4.02. The summed E-state index contributed by atoms with van der Waals surface area (Å²) in [5.74, 6) is -1.16. The lowest BCUT2D eigenvalue weighted by atomic mass is 10.2. The number of ether oxygens (including phenoxy) is 1. The number of hydrogen-bond donors (Lipinski definition) is 1. The number of aliphatic hydroxyl groups excluding tert-OH is 1. The average molecular weight is 265 g/mol. The van der Waals surface area contributed by atoms with Gasteiger partial charge in [-0.25, -0.2) is 8.78 Å². The summed E-state index contributed by atoms with van der Waals surface area (Å²) in [6.45, 7) is 1.83. The van der Waals surface area contributed by atoms with Gasteiger partial charge < -0.3 is 9.84 Å². The number of aromatic nitrogens is 1. The quantitative estimate of drug-likeness (QED) is 0.918. The lowest BCUT2D eigenvalue weighted by Crippen LogP contribution is -1.98. The highest BCUT2D eigenvalue weighted by molar-refractivity contribution is 5.31. The van der Waals surface area contributed by atoms with Crippen LogP contribution in [0, 0.1) is 11.6 Å². The molecule has 0 aliphatic carbocycles. The molecule has 0 aliphatic heterocycles. The van der Waals surface area contributed by atoms with Crippen molar-refractivity contribution in [2.75, 3.05) is 0 Å². The van der Waals surface area contributed by atoms with Gasteiger partial charge in [-0.15, -0.1) is 0 Å². The molecular weight excluding hydrogens is 252 g/mol. The zero-order chi connectivity index (χ0) is 13.8. The van der Waals surface area contributed by atoms with Crippen LogP contribution < -0.4 is 4.74 Å². The van der Waals surface area contributed by atoms with Crippen molar-refractivity contribution in [2.45, 2.75) is 19.4 Å². The van der Waals surface area contributed by atoms with Gasteiger partial charge in [0.15, 0.2) is 11.6 Å². The molecule has 0 aliphatic rings. The first kappa shape index (κ1) is 13.4. The zero-order valence-corrected chi connectivity index (χ0v) is 10.3. The Hall–Kier alpha value is -2.01. The minimum absolute atomic E-state index is 0.203. The van der Waals surface area contributed by atoms with Crippen molar-refractivity contribution >= 4 is 0 Å². The minimum Gasteiger partial charge on any atom is -0.453 e. The monoisotopic (exact) mass is 265 g/mol. The number of rotatable bonds is 4. The fraction of sp³-hybridized carbons (Fsp3) is 0.214. The van der Waals surface area contributed by atoms with Gasteiger partial charge in [0.1, 0.15) is 11.6 Å². The predicted octanol–water partition coefficient (Wildman–Crippen LogP) is 3.60. The van der Waals surface area contributed by atoms with Gasteiger partial charge in [0.05, 0.1) is 18.0 Å². The van der Waals surface area contributed by atoms with Gasteiger partial charge >= 0.3 is 0 Å². The van der Waals surface area contributed by atoms with Gasteiger partial charge in [-0.2, -0.15) is 0 Å². The van der Waals surface area contributed by atoms with Gasteiger partial charge in [0.25, 0.3) is 0 Å². The molecule has 1 atom stereocenters. The zero-order valence-electron chi connectivity index (χ0n) is 10.3. The average Bonchev–Trinajstić information content (AvgIpc) is 2.43. The molecule has 100 valence electrons. The number of nitrogens with zero attached hydrogens (tertiary/aromatic N) is 1. The molecule has 3 nitrogen and oxygen atoms in total. The molecule has 1 heterocycles. The largest absolute Gasteiger partial charge is 0.453 e. The Morgan fingerprint density at radius 1 is 1.26 bits per heavy atom. The molecule has 5 heteroatoms. The lowest BCUT2D eigenvalue weighted by molar-refractivity contribution is 0.169. The van der Waals surface area contributed by atoms with Crippen LogP contribution in [0.15, 0.2) is 36.5 Å². The fourth-order valence-corrected chi connectivity index (χ4v) is 1.54. The van der Waals surface area contributed by atoms with E-state index in [1.807, 2.05) is 6.92 Å². The Labute approximate surface area is 109 Å². The Bertz CT molecular complexity index is 558. The van der Waals surface area contributed by atoms with Crippen LogP contribution in [0.4, 0.5) is 8.78 Å². The third-order valence-corrected chi connectivity index (χ3v) is 2.61. The first-order chi connectivity index (χ1) is 9.10. The molecule has 0 amide bonds. The number of benzene rings is 1. The second kappa shape index (κ2) is 5.75. The van der Waals surface area contributed by atoms with Gasteiger partial charge in [-0.1, -0.05) is 6.92 Å². The molecule has 0 radical (unpaired) electrons. The first-order valence-corrected chi connectivity index (χ1v) is 5.87. The SMILES string of the molecule is CCC(O)c1ccc(Oc2cc(F)ccc2F)cn1. The minimum atomic E-state index is -0.654. The molecule has 19 heavy (non-hydrogen) atoms. The Balaban J connectivity index is 2.17. The summed E-state index contributed by atoms with van der Waals surface area (Å²) >= 11 is 0. The van der Waals surface area contributed by atoms with Crippen LogP contribution in [0.3, 0.4) is 0 Å². The summed E-state index contributed by atoms with van der Waals surface area (Å²) in [4.78, 5) is 4.01.